The van der Waals surface area contributed by atoms with Crippen molar-refractivity contribution in [1.29, 1.82) is 0 Å². The zero-order chi connectivity index (χ0) is 22.1. The molecule has 5 atom stereocenters. The minimum atomic E-state index is -0.700. The standard InChI is InChI=1S/C26H40O4/c1-17-20(15-21(27)16-24(17)28)9-8-19-7-6-12-26(5)22(10-11-23(19)26)18(2)30-14-13-25(3,4)29/h8-10,18,21,23-24,27-29H,1,6-7,11-16H2,2-5H3/t18-,21+,23-,24-,26+/m0/s1. The van der Waals surface area contributed by atoms with E-state index in [9.17, 15) is 15.3 Å². The number of rotatable bonds is 6. The molecule has 2 saturated carbocycles. The molecular formula is C26H40O4. The number of aliphatic hydroxyl groups excluding tert-OH is 2. The van der Waals surface area contributed by atoms with Crippen LogP contribution in [0.2, 0.25) is 0 Å². The van der Waals surface area contributed by atoms with Gasteiger partial charge in [0.1, 0.15) is 0 Å². The molecule has 0 saturated heterocycles. The molecule has 3 N–H and O–H groups in total. The molecule has 0 heterocycles. The average molecular weight is 417 g/mol. The van der Waals surface area contributed by atoms with Crippen molar-refractivity contribution >= 4 is 0 Å². The zero-order valence-electron chi connectivity index (χ0n) is 19.2. The van der Waals surface area contributed by atoms with Gasteiger partial charge in [-0.05, 0) is 87.3 Å². The quantitative estimate of drug-likeness (QED) is 0.553. The maximum Gasteiger partial charge on any atom is 0.0811 e. The van der Waals surface area contributed by atoms with Crippen molar-refractivity contribution in [3.63, 3.8) is 0 Å². The van der Waals surface area contributed by atoms with Gasteiger partial charge in [-0.1, -0.05) is 37.3 Å². The summed E-state index contributed by atoms with van der Waals surface area (Å²) >= 11 is 0. The van der Waals surface area contributed by atoms with Gasteiger partial charge in [0.05, 0.1) is 30.5 Å². The molecule has 4 heteroatoms. The molecule has 0 aliphatic heterocycles. The van der Waals surface area contributed by atoms with Gasteiger partial charge in [0.2, 0.25) is 0 Å². The Kier molecular flexibility index (Phi) is 7.13. The Morgan fingerprint density at radius 2 is 2.07 bits per heavy atom. The van der Waals surface area contributed by atoms with E-state index < -0.39 is 17.8 Å². The molecule has 0 bridgehead atoms. The van der Waals surface area contributed by atoms with Crippen LogP contribution in [0.4, 0.5) is 0 Å². The van der Waals surface area contributed by atoms with E-state index >= 15 is 0 Å². The first-order valence-corrected chi connectivity index (χ1v) is 11.5. The lowest BCUT2D eigenvalue weighted by molar-refractivity contribution is 0.00738. The topological polar surface area (TPSA) is 69.9 Å². The van der Waals surface area contributed by atoms with E-state index in [2.05, 4.69) is 38.7 Å². The summed E-state index contributed by atoms with van der Waals surface area (Å²) in [7, 11) is 0. The van der Waals surface area contributed by atoms with Crippen LogP contribution in [0.1, 0.15) is 72.6 Å². The molecule has 0 aromatic carbocycles. The van der Waals surface area contributed by atoms with Crippen LogP contribution in [0.25, 0.3) is 0 Å². The molecule has 3 aliphatic carbocycles. The van der Waals surface area contributed by atoms with Crippen LogP contribution < -0.4 is 0 Å². The predicted octanol–water partition coefficient (Wildman–Crippen LogP) is 4.61. The van der Waals surface area contributed by atoms with Crippen LogP contribution >= 0.6 is 0 Å². The minimum absolute atomic E-state index is 0.0588. The van der Waals surface area contributed by atoms with Gasteiger partial charge in [0.15, 0.2) is 0 Å². The van der Waals surface area contributed by atoms with Crippen LogP contribution in [0.3, 0.4) is 0 Å². The van der Waals surface area contributed by atoms with Crippen molar-refractivity contribution in [2.45, 2.75) is 96.6 Å². The van der Waals surface area contributed by atoms with Gasteiger partial charge in [-0.3, -0.25) is 0 Å². The highest BCUT2D eigenvalue weighted by atomic mass is 16.5. The molecule has 2 fully saturated rings. The van der Waals surface area contributed by atoms with E-state index in [-0.39, 0.29) is 11.5 Å². The second-order valence-electron chi connectivity index (χ2n) is 10.4. The van der Waals surface area contributed by atoms with Gasteiger partial charge in [0.25, 0.3) is 0 Å². The summed E-state index contributed by atoms with van der Waals surface area (Å²) in [6, 6.07) is 0. The second-order valence-corrected chi connectivity index (χ2v) is 10.4. The highest BCUT2D eigenvalue weighted by Gasteiger charge is 2.46. The Morgan fingerprint density at radius 1 is 1.33 bits per heavy atom. The lowest BCUT2D eigenvalue weighted by atomic mass is 9.63. The van der Waals surface area contributed by atoms with Crippen molar-refractivity contribution in [2.24, 2.45) is 11.3 Å². The monoisotopic (exact) mass is 416 g/mol. The number of allylic oxidation sites excluding steroid dienone is 4. The number of ether oxygens (including phenoxy) is 1. The fourth-order valence-electron chi connectivity index (χ4n) is 5.52. The lowest BCUT2D eigenvalue weighted by Crippen LogP contribution is -2.35. The highest BCUT2D eigenvalue weighted by molar-refractivity contribution is 5.40. The molecule has 0 unspecified atom stereocenters. The number of hydrogen-bond acceptors (Lipinski definition) is 4. The summed E-state index contributed by atoms with van der Waals surface area (Å²) in [6.45, 7) is 12.7. The van der Waals surface area contributed by atoms with E-state index in [1.165, 1.54) is 17.6 Å². The average Bonchev–Trinajstić information content (AvgIpc) is 3.00. The van der Waals surface area contributed by atoms with Crippen LogP contribution in [-0.2, 0) is 4.74 Å². The number of fused-ring (bicyclic) bond motifs is 1. The van der Waals surface area contributed by atoms with Crippen LogP contribution in [-0.4, -0.2) is 45.8 Å². The summed E-state index contributed by atoms with van der Waals surface area (Å²) in [6.07, 6.45) is 11.6. The van der Waals surface area contributed by atoms with E-state index in [1.54, 1.807) is 0 Å². The van der Waals surface area contributed by atoms with Crippen molar-refractivity contribution in [2.75, 3.05) is 6.61 Å². The maximum atomic E-state index is 10.1. The summed E-state index contributed by atoms with van der Waals surface area (Å²) in [5.41, 5.74) is 3.97. The predicted molar refractivity (Wildman–Crippen MR) is 121 cm³/mol. The Labute approximate surface area is 182 Å². The van der Waals surface area contributed by atoms with E-state index in [4.69, 9.17) is 4.74 Å². The molecule has 0 aromatic heterocycles. The van der Waals surface area contributed by atoms with Crippen molar-refractivity contribution in [3.05, 3.63) is 47.1 Å². The first kappa shape index (κ1) is 23.5. The summed E-state index contributed by atoms with van der Waals surface area (Å²) in [5, 5.41) is 30.1. The zero-order valence-corrected chi connectivity index (χ0v) is 19.2. The Morgan fingerprint density at radius 3 is 2.77 bits per heavy atom. The summed E-state index contributed by atoms with van der Waals surface area (Å²) in [4.78, 5) is 0. The summed E-state index contributed by atoms with van der Waals surface area (Å²) in [5.74, 6) is 0.477. The fourth-order valence-corrected chi connectivity index (χ4v) is 5.52. The van der Waals surface area contributed by atoms with E-state index in [1.807, 2.05) is 13.8 Å². The first-order valence-electron chi connectivity index (χ1n) is 11.5. The van der Waals surface area contributed by atoms with Gasteiger partial charge < -0.3 is 20.1 Å². The Bertz CT molecular complexity index is 739. The van der Waals surface area contributed by atoms with Gasteiger partial charge in [-0.25, -0.2) is 0 Å². The minimum Gasteiger partial charge on any atom is -0.393 e. The van der Waals surface area contributed by atoms with E-state index in [0.717, 1.165) is 30.4 Å². The highest BCUT2D eigenvalue weighted by Crippen LogP contribution is 2.55. The molecule has 0 radical (unpaired) electrons. The SMILES string of the molecule is C=C1C(=CC=C2CCC[C@]3(C)C([C@H](C)OCCC(C)(C)O)=CC[C@@H]23)C[C@@H](O)C[C@@H]1O. The van der Waals surface area contributed by atoms with Crippen LogP contribution in [0.15, 0.2) is 47.1 Å². The molecule has 3 rings (SSSR count). The van der Waals surface area contributed by atoms with Crippen LogP contribution in [0.5, 0.6) is 0 Å². The molecule has 4 nitrogen and oxygen atoms in total. The van der Waals surface area contributed by atoms with Gasteiger partial charge >= 0.3 is 0 Å². The Hall–Kier alpha value is -1.20. The molecule has 3 aliphatic rings. The molecule has 0 amide bonds. The van der Waals surface area contributed by atoms with Gasteiger partial charge in [-0.15, -0.1) is 0 Å². The lowest BCUT2D eigenvalue weighted by Gasteiger charge is -2.42. The molecular weight excluding hydrogens is 376 g/mol. The Balaban J connectivity index is 1.71. The van der Waals surface area contributed by atoms with Crippen molar-refractivity contribution < 1.29 is 20.1 Å². The second kappa shape index (κ2) is 9.12. The van der Waals surface area contributed by atoms with Crippen molar-refractivity contribution in [1.82, 2.24) is 0 Å². The number of hydrogen-bond donors (Lipinski definition) is 3. The largest absolute Gasteiger partial charge is 0.393 e. The first-order chi connectivity index (χ1) is 14.0. The van der Waals surface area contributed by atoms with E-state index in [0.29, 0.717) is 31.8 Å². The molecule has 168 valence electrons. The molecule has 0 aromatic rings. The molecule has 30 heavy (non-hydrogen) atoms. The molecule has 0 spiro atoms. The third-order valence-electron chi connectivity index (χ3n) is 7.40. The van der Waals surface area contributed by atoms with Crippen LogP contribution in [0, 0.1) is 11.3 Å². The summed E-state index contributed by atoms with van der Waals surface area (Å²) < 4.78 is 6.12. The van der Waals surface area contributed by atoms with Gasteiger partial charge in [-0.2, -0.15) is 0 Å². The third kappa shape index (κ3) is 5.16. The fraction of sp³-hybridized carbons (Fsp3) is 0.692. The normalized spacial score (nSPS) is 36.2. The number of aliphatic hydroxyl groups is 3. The van der Waals surface area contributed by atoms with Crippen molar-refractivity contribution in [3.8, 4) is 0 Å². The smallest absolute Gasteiger partial charge is 0.0811 e. The van der Waals surface area contributed by atoms with Gasteiger partial charge in [0, 0.05) is 6.42 Å². The maximum absolute atomic E-state index is 10.1. The third-order valence-corrected chi connectivity index (χ3v) is 7.40.